The molecule has 0 unspecified atom stereocenters. The summed E-state index contributed by atoms with van der Waals surface area (Å²) in [6.07, 6.45) is 1.59. The Kier molecular flexibility index (Phi) is 1.79. The fourth-order valence-corrected chi connectivity index (χ4v) is 1.65. The second-order valence-corrected chi connectivity index (χ2v) is 3.66. The van der Waals surface area contributed by atoms with Gasteiger partial charge in [0.25, 0.3) is 0 Å². The van der Waals surface area contributed by atoms with E-state index in [2.05, 4.69) is 10.3 Å². The van der Waals surface area contributed by atoms with Crippen molar-refractivity contribution in [3.05, 3.63) is 41.6 Å². The molecule has 0 spiro atoms. The lowest BCUT2D eigenvalue weighted by molar-refractivity contribution is 0.479. The van der Waals surface area contributed by atoms with Crippen molar-refractivity contribution in [2.45, 2.75) is 0 Å². The lowest BCUT2D eigenvalue weighted by Crippen LogP contribution is -2.03. The molecule has 1 aliphatic rings. The average Bonchev–Trinajstić information content (AvgIpc) is 2.26. The standard InChI is InChI=1S/C11H7ClN2O/c12-7-5-10-11(13-6-7)14-8-3-1-2-4-9(8)15-10/h1-6H,(H,13,14). The number of nitrogens with zero attached hydrogens (tertiary/aromatic N) is 1. The molecule has 0 fully saturated rings. The van der Waals surface area contributed by atoms with Crippen molar-refractivity contribution < 1.29 is 4.74 Å². The molecule has 1 aromatic carbocycles. The predicted octanol–water partition coefficient (Wildman–Crippen LogP) is 3.58. The summed E-state index contributed by atoms with van der Waals surface area (Å²) < 4.78 is 5.65. The van der Waals surface area contributed by atoms with E-state index < -0.39 is 0 Å². The molecule has 1 aliphatic heterocycles. The minimum atomic E-state index is 0.565. The lowest BCUT2D eigenvalue weighted by atomic mass is 10.2. The molecule has 2 aromatic rings. The fourth-order valence-electron chi connectivity index (χ4n) is 1.50. The van der Waals surface area contributed by atoms with E-state index in [0.717, 1.165) is 11.4 Å². The van der Waals surface area contributed by atoms with Crippen molar-refractivity contribution >= 4 is 23.1 Å². The van der Waals surface area contributed by atoms with Gasteiger partial charge in [-0.1, -0.05) is 23.7 Å². The number of ether oxygens (including phenoxy) is 1. The first-order chi connectivity index (χ1) is 7.33. The Morgan fingerprint density at radius 1 is 1.20 bits per heavy atom. The molecule has 0 bridgehead atoms. The third kappa shape index (κ3) is 1.41. The smallest absolute Gasteiger partial charge is 0.174 e. The molecule has 0 radical (unpaired) electrons. The van der Waals surface area contributed by atoms with Crippen LogP contribution in [0.4, 0.5) is 11.5 Å². The molecule has 3 nitrogen and oxygen atoms in total. The molecule has 74 valence electrons. The second kappa shape index (κ2) is 3.14. The molecule has 0 atom stereocenters. The van der Waals surface area contributed by atoms with Gasteiger partial charge in [0.05, 0.1) is 10.7 Å². The van der Waals surface area contributed by atoms with Gasteiger partial charge in [-0.05, 0) is 12.1 Å². The van der Waals surface area contributed by atoms with Crippen molar-refractivity contribution in [3.63, 3.8) is 0 Å². The molecular formula is C11H7ClN2O. The molecule has 0 amide bonds. The number of fused-ring (bicyclic) bond motifs is 2. The number of para-hydroxylation sites is 2. The molecule has 3 rings (SSSR count). The van der Waals surface area contributed by atoms with E-state index in [1.54, 1.807) is 12.3 Å². The van der Waals surface area contributed by atoms with Crippen LogP contribution in [0.2, 0.25) is 5.02 Å². The molecule has 1 N–H and O–H groups in total. The van der Waals surface area contributed by atoms with Crippen LogP contribution >= 0.6 is 11.6 Å². The zero-order chi connectivity index (χ0) is 10.3. The average molecular weight is 219 g/mol. The number of aromatic nitrogens is 1. The third-order valence-electron chi connectivity index (χ3n) is 2.18. The highest BCUT2D eigenvalue weighted by molar-refractivity contribution is 6.30. The van der Waals surface area contributed by atoms with Gasteiger partial charge in [0, 0.05) is 12.3 Å². The summed E-state index contributed by atoms with van der Waals surface area (Å²) in [4.78, 5) is 4.15. The fraction of sp³-hybridized carbons (Fsp3) is 0. The van der Waals surface area contributed by atoms with Gasteiger partial charge in [0.2, 0.25) is 0 Å². The number of hydrogen-bond acceptors (Lipinski definition) is 3. The summed E-state index contributed by atoms with van der Waals surface area (Å²) >= 11 is 5.83. The largest absolute Gasteiger partial charge is 0.451 e. The molecular weight excluding hydrogens is 212 g/mol. The Bertz CT molecular complexity index is 528. The van der Waals surface area contributed by atoms with Crippen molar-refractivity contribution in [1.82, 2.24) is 4.98 Å². The Morgan fingerprint density at radius 3 is 3.00 bits per heavy atom. The monoisotopic (exact) mass is 218 g/mol. The highest BCUT2D eigenvalue weighted by atomic mass is 35.5. The summed E-state index contributed by atoms with van der Waals surface area (Å²) in [5.74, 6) is 2.13. The SMILES string of the molecule is Clc1cnc2c(c1)Oc1ccccc1N2. The quantitative estimate of drug-likeness (QED) is 0.626. The van der Waals surface area contributed by atoms with Crippen LogP contribution in [0, 0.1) is 0 Å². The Labute approximate surface area is 91.7 Å². The van der Waals surface area contributed by atoms with Crippen molar-refractivity contribution in [3.8, 4) is 11.5 Å². The van der Waals surface area contributed by atoms with Gasteiger partial charge in [-0.3, -0.25) is 0 Å². The van der Waals surface area contributed by atoms with Crippen molar-refractivity contribution in [1.29, 1.82) is 0 Å². The highest BCUT2D eigenvalue weighted by Crippen LogP contribution is 2.40. The number of nitrogens with one attached hydrogen (secondary N) is 1. The first-order valence-corrected chi connectivity index (χ1v) is 4.90. The van der Waals surface area contributed by atoms with Gasteiger partial charge < -0.3 is 10.1 Å². The van der Waals surface area contributed by atoms with E-state index in [1.807, 2.05) is 24.3 Å². The Morgan fingerprint density at radius 2 is 2.07 bits per heavy atom. The number of rotatable bonds is 0. The van der Waals surface area contributed by atoms with Gasteiger partial charge in [0.15, 0.2) is 17.3 Å². The summed E-state index contributed by atoms with van der Waals surface area (Å²) in [7, 11) is 0. The van der Waals surface area contributed by atoms with E-state index in [1.165, 1.54) is 0 Å². The number of hydrogen-bond donors (Lipinski definition) is 1. The van der Waals surface area contributed by atoms with E-state index in [0.29, 0.717) is 16.6 Å². The zero-order valence-corrected chi connectivity index (χ0v) is 8.45. The third-order valence-corrected chi connectivity index (χ3v) is 2.39. The van der Waals surface area contributed by atoms with Crippen molar-refractivity contribution in [2.24, 2.45) is 0 Å². The molecule has 0 saturated carbocycles. The first kappa shape index (κ1) is 8.56. The van der Waals surface area contributed by atoms with Crippen LogP contribution in [-0.4, -0.2) is 4.98 Å². The van der Waals surface area contributed by atoms with Crippen molar-refractivity contribution in [2.75, 3.05) is 5.32 Å². The van der Waals surface area contributed by atoms with Gasteiger partial charge >= 0.3 is 0 Å². The summed E-state index contributed by atoms with van der Waals surface area (Å²) in [5.41, 5.74) is 0.917. The minimum absolute atomic E-state index is 0.565. The maximum Gasteiger partial charge on any atom is 0.174 e. The number of halogens is 1. The van der Waals surface area contributed by atoms with Gasteiger partial charge in [-0.25, -0.2) is 4.98 Å². The van der Waals surface area contributed by atoms with E-state index >= 15 is 0 Å². The number of anilines is 2. The van der Waals surface area contributed by atoms with E-state index in [4.69, 9.17) is 16.3 Å². The molecule has 1 aromatic heterocycles. The maximum absolute atomic E-state index is 5.83. The zero-order valence-electron chi connectivity index (χ0n) is 7.70. The van der Waals surface area contributed by atoms with E-state index in [-0.39, 0.29) is 0 Å². The minimum Gasteiger partial charge on any atom is -0.451 e. The summed E-state index contributed by atoms with van der Waals surface area (Å²) in [6, 6.07) is 9.44. The number of benzene rings is 1. The molecule has 2 heterocycles. The molecule has 4 heteroatoms. The summed E-state index contributed by atoms with van der Waals surface area (Å²) in [5, 5.41) is 3.74. The molecule has 15 heavy (non-hydrogen) atoms. The second-order valence-electron chi connectivity index (χ2n) is 3.22. The van der Waals surface area contributed by atoms with Crippen LogP contribution in [0.15, 0.2) is 36.5 Å². The lowest BCUT2D eigenvalue weighted by Gasteiger charge is -2.20. The normalized spacial score (nSPS) is 12.1. The molecule has 0 saturated heterocycles. The van der Waals surface area contributed by atoms with Crippen LogP contribution in [-0.2, 0) is 0 Å². The van der Waals surface area contributed by atoms with Gasteiger partial charge in [0.1, 0.15) is 0 Å². The highest BCUT2D eigenvalue weighted by Gasteiger charge is 2.16. The maximum atomic E-state index is 5.83. The summed E-state index contributed by atoms with van der Waals surface area (Å²) in [6.45, 7) is 0. The predicted molar refractivity (Wildman–Crippen MR) is 59.0 cm³/mol. The van der Waals surface area contributed by atoms with Crippen LogP contribution in [0.5, 0.6) is 11.5 Å². The molecule has 0 aliphatic carbocycles. The van der Waals surface area contributed by atoms with Crippen LogP contribution in [0.1, 0.15) is 0 Å². The van der Waals surface area contributed by atoms with Crippen LogP contribution < -0.4 is 10.1 Å². The van der Waals surface area contributed by atoms with Gasteiger partial charge in [-0.2, -0.15) is 0 Å². The Hall–Kier alpha value is -1.74. The number of pyridine rings is 1. The van der Waals surface area contributed by atoms with Crippen LogP contribution in [0.3, 0.4) is 0 Å². The first-order valence-electron chi connectivity index (χ1n) is 4.52. The Balaban J connectivity index is 2.11. The van der Waals surface area contributed by atoms with Crippen LogP contribution in [0.25, 0.3) is 0 Å². The van der Waals surface area contributed by atoms with E-state index in [9.17, 15) is 0 Å². The topological polar surface area (TPSA) is 34.1 Å². The van der Waals surface area contributed by atoms with Gasteiger partial charge in [-0.15, -0.1) is 0 Å².